The van der Waals surface area contributed by atoms with Crippen molar-refractivity contribution in [2.45, 2.75) is 13.3 Å². The van der Waals surface area contributed by atoms with Crippen molar-refractivity contribution in [2.75, 3.05) is 11.4 Å². The van der Waals surface area contributed by atoms with E-state index in [0.717, 1.165) is 5.39 Å². The maximum atomic E-state index is 13.9. The normalized spacial score (nSPS) is 10.8. The number of benzene rings is 2. The molecule has 3 aromatic rings. The molecule has 0 radical (unpaired) electrons. The van der Waals surface area contributed by atoms with Gasteiger partial charge in [0.1, 0.15) is 11.5 Å². The van der Waals surface area contributed by atoms with E-state index in [1.165, 1.54) is 11.0 Å². The first-order valence-electron chi connectivity index (χ1n) is 7.09. The Balaban J connectivity index is 1.88. The summed E-state index contributed by atoms with van der Waals surface area (Å²) in [7, 11) is 0. The molecule has 0 saturated carbocycles. The van der Waals surface area contributed by atoms with Gasteiger partial charge < -0.3 is 9.42 Å². The van der Waals surface area contributed by atoms with Gasteiger partial charge in [0.05, 0.1) is 12.1 Å². The number of amides is 1. The smallest absolute Gasteiger partial charge is 0.233 e. The maximum absolute atomic E-state index is 13.9. The number of likely N-dealkylation sites (N-methyl/N-ethyl adjacent to an activating group) is 1. The molecule has 0 N–H and O–H groups in total. The van der Waals surface area contributed by atoms with E-state index in [0.29, 0.717) is 17.8 Å². The topological polar surface area (TPSA) is 46.3 Å². The molecular formula is C17H15FN2O2. The van der Waals surface area contributed by atoms with Gasteiger partial charge in [0, 0.05) is 11.9 Å². The van der Waals surface area contributed by atoms with Crippen molar-refractivity contribution in [1.29, 1.82) is 0 Å². The summed E-state index contributed by atoms with van der Waals surface area (Å²) in [5.74, 6) is -0.630. The van der Waals surface area contributed by atoms with Gasteiger partial charge in [-0.15, -0.1) is 0 Å². The van der Waals surface area contributed by atoms with Crippen molar-refractivity contribution in [2.24, 2.45) is 0 Å². The van der Waals surface area contributed by atoms with Gasteiger partial charge >= 0.3 is 0 Å². The second-order valence-corrected chi connectivity index (χ2v) is 4.89. The summed E-state index contributed by atoms with van der Waals surface area (Å²) in [6.45, 7) is 2.20. The van der Waals surface area contributed by atoms with Crippen LogP contribution in [0.5, 0.6) is 0 Å². The second kappa shape index (κ2) is 5.97. The molecule has 0 atom stereocenters. The molecule has 0 bridgehead atoms. The molecule has 0 fully saturated rings. The monoisotopic (exact) mass is 298 g/mol. The van der Waals surface area contributed by atoms with E-state index in [1.54, 1.807) is 24.3 Å². The van der Waals surface area contributed by atoms with E-state index in [2.05, 4.69) is 5.16 Å². The lowest BCUT2D eigenvalue weighted by Crippen LogP contribution is -2.32. The number of hydrogen-bond donors (Lipinski definition) is 0. The van der Waals surface area contributed by atoms with Crippen LogP contribution in [0.4, 0.5) is 10.1 Å². The SMILES string of the molecule is CCN(C(=O)Cc1noc2ccccc12)c1ccccc1F. The van der Waals surface area contributed by atoms with Gasteiger partial charge in [0.2, 0.25) is 5.91 Å². The van der Waals surface area contributed by atoms with E-state index in [1.807, 2.05) is 25.1 Å². The Morgan fingerprint density at radius 2 is 1.91 bits per heavy atom. The average molecular weight is 298 g/mol. The quantitative estimate of drug-likeness (QED) is 0.740. The Morgan fingerprint density at radius 1 is 1.18 bits per heavy atom. The molecular weight excluding hydrogens is 283 g/mol. The van der Waals surface area contributed by atoms with Gasteiger partial charge in [0.25, 0.3) is 0 Å². The van der Waals surface area contributed by atoms with Crippen LogP contribution in [0.2, 0.25) is 0 Å². The second-order valence-electron chi connectivity index (χ2n) is 4.89. The van der Waals surface area contributed by atoms with Crippen molar-refractivity contribution in [3.63, 3.8) is 0 Å². The third kappa shape index (κ3) is 2.57. The first-order valence-corrected chi connectivity index (χ1v) is 7.09. The molecule has 1 aromatic heterocycles. The number of hydrogen-bond acceptors (Lipinski definition) is 3. The summed E-state index contributed by atoms with van der Waals surface area (Å²) in [6.07, 6.45) is 0.0686. The summed E-state index contributed by atoms with van der Waals surface area (Å²) in [4.78, 5) is 13.9. The lowest BCUT2D eigenvalue weighted by molar-refractivity contribution is -0.118. The van der Waals surface area contributed by atoms with Crippen LogP contribution in [0.1, 0.15) is 12.6 Å². The number of fused-ring (bicyclic) bond motifs is 1. The van der Waals surface area contributed by atoms with E-state index in [-0.39, 0.29) is 18.0 Å². The van der Waals surface area contributed by atoms with Crippen LogP contribution >= 0.6 is 0 Å². The summed E-state index contributed by atoms with van der Waals surface area (Å²) in [6, 6.07) is 13.6. The van der Waals surface area contributed by atoms with E-state index < -0.39 is 5.82 Å². The van der Waals surface area contributed by atoms with Crippen molar-refractivity contribution < 1.29 is 13.7 Å². The number of carbonyl (C=O) groups excluding carboxylic acids is 1. The fraction of sp³-hybridized carbons (Fsp3) is 0.176. The van der Waals surface area contributed by atoms with Gasteiger partial charge in [-0.1, -0.05) is 29.4 Å². The van der Waals surface area contributed by atoms with Crippen LogP contribution in [0, 0.1) is 5.82 Å². The highest BCUT2D eigenvalue weighted by atomic mass is 19.1. The molecule has 0 unspecified atom stereocenters. The minimum absolute atomic E-state index is 0.0686. The van der Waals surface area contributed by atoms with Crippen molar-refractivity contribution >= 4 is 22.6 Å². The minimum atomic E-state index is -0.414. The van der Waals surface area contributed by atoms with Crippen molar-refractivity contribution in [1.82, 2.24) is 5.16 Å². The molecule has 0 saturated heterocycles. The fourth-order valence-electron chi connectivity index (χ4n) is 2.46. The number of halogens is 1. The van der Waals surface area contributed by atoms with Crippen LogP contribution < -0.4 is 4.90 Å². The molecule has 4 nitrogen and oxygen atoms in total. The van der Waals surface area contributed by atoms with Crippen LogP contribution in [-0.2, 0) is 11.2 Å². The first-order chi connectivity index (χ1) is 10.7. The van der Waals surface area contributed by atoms with Crippen LogP contribution in [0.15, 0.2) is 53.1 Å². The standard InChI is InChI=1S/C17H15FN2O2/c1-2-20(15-9-5-4-8-13(15)18)17(21)11-14-12-7-3-6-10-16(12)22-19-14/h3-10H,2,11H2,1H3. The molecule has 0 aliphatic heterocycles. The molecule has 2 aromatic carbocycles. The average Bonchev–Trinajstić information content (AvgIpc) is 2.93. The largest absolute Gasteiger partial charge is 0.356 e. The molecule has 0 aliphatic carbocycles. The molecule has 1 amide bonds. The highest BCUT2D eigenvalue weighted by Gasteiger charge is 2.20. The Labute approximate surface area is 127 Å². The third-order valence-corrected chi connectivity index (χ3v) is 3.53. The van der Waals surface area contributed by atoms with Gasteiger partial charge in [-0.05, 0) is 31.2 Å². The van der Waals surface area contributed by atoms with Crippen LogP contribution in [-0.4, -0.2) is 17.6 Å². The van der Waals surface area contributed by atoms with Crippen LogP contribution in [0.25, 0.3) is 11.0 Å². The van der Waals surface area contributed by atoms with Gasteiger partial charge in [0.15, 0.2) is 5.58 Å². The molecule has 3 rings (SSSR count). The fourth-order valence-corrected chi connectivity index (χ4v) is 2.46. The molecule has 112 valence electrons. The molecule has 22 heavy (non-hydrogen) atoms. The Morgan fingerprint density at radius 3 is 2.68 bits per heavy atom. The van der Waals surface area contributed by atoms with E-state index in [4.69, 9.17) is 4.52 Å². The number of para-hydroxylation sites is 2. The Bertz CT molecular complexity index is 813. The molecule has 0 aliphatic rings. The maximum Gasteiger partial charge on any atom is 0.233 e. The first kappa shape index (κ1) is 14.3. The molecule has 5 heteroatoms. The number of rotatable bonds is 4. The summed E-state index contributed by atoms with van der Waals surface area (Å²) < 4.78 is 19.1. The van der Waals surface area contributed by atoms with E-state index in [9.17, 15) is 9.18 Å². The zero-order valence-corrected chi connectivity index (χ0v) is 12.1. The summed E-state index contributed by atoms with van der Waals surface area (Å²) >= 11 is 0. The van der Waals surface area contributed by atoms with Gasteiger partial charge in [-0.2, -0.15) is 0 Å². The van der Waals surface area contributed by atoms with E-state index >= 15 is 0 Å². The Kier molecular flexibility index (Phi) is 3.87. The highest BCUT2D eigenvalue weighted by Crippen LogP contribution is 2.22. The molecule has 0 spiro atoms. The Hall–Kier alpha value is -2.69. The van der Waals surface area contributed by atoms with Crippen LogP contribution in [0.3, 0.4) is 0 Å². The zero-order valence-electron chi connectivity index (χ0n) is 12.1. The van der Waals surface area contributed by atoms with Crippen molar-refractivity contribution in [3.05, 3.63) is 60.0 Å². The zero-order chi connectivity index (χ0) is 15.5. The predicted molar refractivity (Wildman–Crippen MR) is 82.1 cm³/mol. The number of carbonyl (C=O) groups is 1. The lowest BCUT2D eigenvalue weighted by atomic mass is 10.1. The molecule has 1 heterocycles. The summed E-state index contributed by atoms with van der Waals surface area (Å²) in [5, 5.41) is 4.76. The predicted octanol–water partition coefficient (Wildman–Crippen LogP) is 3.56. The third-order valence-electron chi connectivity index (χ3n) is 3.53. The lowest BCUT2D eigenvalue weighted by Gasteiger charge is -2.21. The van der Waals surface area contributed by atoms with Crippen molar-refractivity contribution in [3.8, 4) is 0 Å². The highest BCUT2D eigenvalue weighted by molar-refractivity contribution is 5.96. The van der Waals surface area contributed by atoms with Gasteiger partial charge in [-0.25, -0.2) is 4.39 Å². The number of aromatic nitrogens is 1. The van der Waals surface area contributed by atoms with Gasteiger partial charge in [-0.3, -0.25) is 4.79 Å². The summed E-state index contributed by atoms with van der Waals surface area (Å²) in [5.41, 5.74) is 1.48. The minimum Gasteiger partial charge on any atom is -0.356 e. The number of nitrogens with zero attached hydrogens (tertiary/aromatic N) is 2. The number of anilines is 1.